The lowest BCUT2D eigenvalue weighted by Gasteiger charge is -2.25. The molecule has 0 aliphatic heterocycles. The summed E-state index contributed by atoms with van der Waals surface area (Å²) in [4.78, 5) is 26.4. The van der Waals surface area contributed by atoms with Crippen molar-refractivity contribution in [1.82, 2.24) is 10.5 Å². The van der Waals surface area contributed by atoms with Crippen molar-refractivity contribution in [3.8, 4) is 11.1 Å². The number of benzene rings is 2. The van der Waals surface area contributed by atoms with E-state index >= 15 is 0 Å². The van der Waals surface area contributed by atoms with Crippen LogP contribution in [0.3, 0.4) is 0 Å². The van der Waals surface area contributed by atoms with E-state index < -0.39 is 23.8 Å². The van der Waals surface area contributed by atoms with Crippen molar-refractivity contribution >= 4 is 29.1 Å². The molecule has 0 spiro atoms. The molecule has 0 bridgehead atoms. The van der Waals surface area contributed by atoms with Crippen LogP contribution in [0.2, 0.25) is 5.02 Å². The summed E-state index contributed by atoms with van der Waals surface area (Å²) in [6.07, 6.45) is 2.73. The van der Waals surface area contributed by atoms with E-state index in [2.05, 4.69) is 15.8 Å². The molecule has 0 aliphatic rings. The molecule has 0 radical (unpaired) electrons. The number of anilines is 1. The van der Waals surface area contributed by atoms with Crippen molar-refractivity contribution in [2.45, 2.75) is 39.7 Å². The van der Waals surface area contributed by atoms with Gasteiger partial charge in [-0.3, -0.25) is 9.59 Å². The SMILES string of the molecule is Cc1cc[n+]([O-])c(C)c1-c1ccc(NC(=O)C(NC(=O)c2conc2C)C(C)c2ccccc2Cl)cc1. The average Bonchev–Trinajstić information content (AvgIpc) is 3.31. The van der Waals surface area contributed by atoms with Gasteiger partial charge in [-0.05, 0) is 48.7 Å². The van der Waals surface area contributed by atoms with Crippen molar-refractivity contribution in [3.63, 3.8) is 0 Å². The number of amides is 2. The number of aromatic nitrogens is 2. The number of halogens is 1. The Morgan fingerprint density at radius 3 is 2.41 bits per heavy atom. The molecular formula is C28H27ClN4O4. The zero-order valence-corrected chi connectivity index (χ0v) is 21.7. The number of nitrogens with zero attached hydrogens (tertiary/aromatic N) is 2. The molecule has 2 N–H and O–H groups in total. The zero-order valence-electron chi connectivity index (χ0n) is 20.9. The van der Waals surface area contributed by atoms with Gasteiger partial charge in [0.15, 0.2) is 11.9 Å². The van der Waals surface area contributed by atoms with E-state index in [0.717, 1.165) is 27.0 Å². The van der Waals surface area contributed by atoms with Gasteiger partial charge in [0.25, 0.3) is 5.91 Å². The Bertz CT molecular complexity index is 1450. The maximum Gasteiger partial charge on any atom is 0.257 e. The lowest BCUT2D eigenvalue weighted by Crippen LogP contribution is -2.47. The van der Waals surface area contributed by atoms with Gasteiger partial charge in [0.05, 0.1) is 11.3 Å². The van der Waals surface area contributed by atoms with E-state index in [0.29, 0.717) is 22.1 Å². The van der Waals surface area contributed by atoms with Crippen LogP contribution in [-0.2, 0) is 4.79 Å². The second-order valence-corrected chi connectivity index (χ2v) is 9.33. The summed E-state index contributed by atoms with van der Waals surface area (Å²) in [5.74, 6) is -1.33. The largest absolute Gasteiger partial charge is 0.618 e. The summed E-state index contributed by atoms with van der Waals surface area (Å²) >= 11 is 6.41. The zero-order chi connectivity index (χ0) is 26.7. The highest BCUT2D eigenvalue weighted by atomic mass is 35.5. The first-order valence-electron chi connectivity index (χ1n) is 11.7. The van der Waals surface area contributed by atoms with E-state index in [4.69, 9.17) is 16.1 Å². The molecule has 0 aliphatic carbocycles. The van der Waals surface area contributed by atoms with Gasteiger partial charge in [-0.25, -0.2) is 0 Å². The highest BCUT2D eigenvalue weighted by molar-refractivity contribution is 6.31. The average molecular weight is 519 g/mol. The van der Waals surface area contributed by atoms with Crippen LogP contribution in [-0.4, -0.2) is 23.0 Å². The normalized spacial score (nSPS) is 12.6. The summed E-state index contributed by atoms with van der Waals surface area (Å²) in [6, 6.07) is 15.2. The van der Waals surface area contributed by atoms with Crippen LogP contribution in [0.5, 0.6) is 0 Å². The number of hydrogen-bond acceptors (Lipinski definition) is 5. The molecule has 190 valence electrons. The molecule has 2 atom stereocenters. The molecule has 4 rings (SSSR count). The van der Waals surface area contributed by atoms with Gasteiger partial charge in [-0.2, -0.15) is 4.73 Å². The van der Waals surface area contributed by atoms with Crippen molar-refractivity contribution in [2.24, 2.45) is 0 Å². The molecule has 0 fully saturated rings. The lowest BCUT2D eigenvalue weighted by molar-refractivity contribution is -0.611. The smallest absolute Gasteiger partial charge is 0.257 e. The van der Waals surface area contributed by atoms with E-state index in [-0.39, 0.29) is 5.56 Å². The van der Waals surface area contributed by atoms with Crippen molar-refractivity contribution in [3.05, 3.63) is 105 Å². The summed E-state index contributed by atoms with van der Waals surface area (Å²) in [5, 5.41) is 22.0. The highest BCUT2D eigenvalue weighted by Gasteiger charge is 2.30. The van der Waals surface area contributed by atoms with Gasteiger partial charge in [0.2, 0.25) is 5.91 Å². The third-order valence-corrected chi connectivity index (χ3v) is 6.79. The molecule has 2 aromatic heterocycles. The minimum Gasteiger partial charge on any atom is -0.618 e. The number of nitrogens with one attached hydrogen (secondary N) is 2. The Hall–Kier alpha value is -4.17. The number of carbonyl (C=O) groups excluding carboxylic acids is 2. The Morgan fingerprint density at radius 2 is 1.76 bits per heavy atom. The Labute approximate surface area is 219 Å². The maximum absolute atomic E-state index is 13.5. The first-order chi connectivity index (χ1) is 17.7. The van der Waals surface area contributed by atoms with E-state index in [1.54, 1.807) is 44.2 Å². The van der Waals surface area contributed by atoms with Gasteiger partial charge in [0, 0.05) is 29.6 Å². The molecule has 2 unspecified atom stereocenters. The molecule has 0 saturated carbocycles. The van der Waals surface area contributed by atoms with Crippen LogP contribution < -0.4 is 15.4 Å². The van der Waals surface area contributed by atoms with E-state index in [1.807, 2.05) is 38.1 Å². The number of rotatable bonds is 7. The van der Waals surface area contributed by atoms with Gasteiger partial charge in [-0.1, -0.05) is 54.0 Å². The monoisotopic (exact) mass is 518 g/mol. The quantitative estimate of drug-likeness (QED) is 0.261. The van der Waals surface area contributed by atoms with Gasteiger partial charge in [-0.15, -0.1) is 0 Å². The topological polar surface area (TPSA) is 111 Å². The lowest BCUT2D eigenvalue weighted by atomic mass is 9.92. The van der Waals surface area contributed by atoms with Crippen LogP contribution in [0.15, 0.2) is 71.6 Å². The Balaban J connectivity index is 1.60. The molecular weight excluding hydrogens is 492 g/mol. The van der Waals surface area contributed by atoms with E-state index in [9.17, 15) is 14.8 Å². The molecule has 2 amide bonds. The minimum atomic E-state index is -0.945. The van der Waals surface area contributed by atoms with Crippen molar-refractivity contribution < 1.29 is 18.8 Å². The Morgan fingerprint density at radius 1 is 1.05 bits per heavy atom. The maximum atomic E-state index is 13.5. The first-order valence-corrected chi connectivity index (χ1v) is 12.1. The molecule has 4 aromatic rings. The number of pyridine rings is 1. The first kappa shape index (κ1) is 25.9. The van der Waals surface area contributed by atoms with Crippen LogP contribution in [0.25, 0.3) is 11.1 Å². The van der Waals surface area contributed by atoms with Crippen molar-refractivity contribution in [2.75, 3.05) is 5.32 Å². The van der Waals surface area contributed by atoms with Gasteiger partial charge in [0.1, 0.15) is 17.9 Å². The third-order valence-electron chi connectivity index (χ3n) is 6.45. The molecule has 0 saturated heterocycles. The standard InChI is InChI=1S/C28H27ClN4O4/c1-16-13-14-33(36)19(4)25(16)20-9-11-21(12-10-20)30-28(35)26(17(2)22-7-5-6-8-24(22)29)31-27(34)23-15-37-32-18(23)3/h5-15,17,26H,1-4H3,(H,30,35)(H,31,34). The molecule has 9 heteroatoms. The summed E-state index contributed by atoms with van der Waals surface area (Å²) < 4.78 is 5.72. The third kappa shape index (κ3) is 5.49. The van der Waals surface area contributed by atoms with Crippen LogP contribution >= 0.6 is 11.6 Å². The molecule has 2 heterocycles. The fourth-order valence-corrected chi connectivity index (χ4v) is 4.63. The molecule has 2 aromatic carbocycles. The van der Waals surface area contributed by atoms with Crippen LogP contribution in [0.1, 0.15) is 45.7 Å². The number of aryl methyl sites for hydroxylation is 2. The van der Waals surface area contributed by atoms with E-state index in [1.165, 1.54) is 12.5 Å². The Kier molecular flexibility index (Phi) is 7.59. The minimum absolute atomic E-state index is 0.248. The van der Waals surface area contributed by atoms with Crippen LogP contribution in [0, 0.1) is 26.0 Å². The molecule has 37 heavy (non-hydrogen) atoms. The van der Waals surface area contributed by atoms with Gasteiger partial charge < -0.3 is 20.4 Å². The van der Waals surface area contributed by atoms with Crippen molar-refractivity contribution in [1.29, 1.82) is 0 Å². The second kappa shape index (κ2) is 10.8. The summed E-state index contributed by atoms with van der Waals surface area (Å²) in [5.41, 5.74) is 5.21. The predicted molar refractivity (Wildman–Crippen MR) is 141 cm³/mol. The molecule has 8 nitrogen and oxygen atoms in total. The highest BCUT2D eigenvalue weighted by Crippen LogP contribution is 2.29. The number of hydrogen-bond donors (Lipinski definition) is 2. The number of carbonyl (C=O) groups is 2. The summed E-state index contributed by atoms with van der Waals surface area (Å²) in [7, 11) is 0. The van der Waals surface area contributed by atoms with Gasteiger partial charge >= 0.3 is 0 Å². The summed E-state index contributed by atoms with van der Waals surface area (Å²) in [6.45, 7) is 7.19. The second-order valence-electron chi connectivity index (χ2n) is 8.93. The fraction of sp³-hybridized carbons (Fsp3) is 0.214. The predicted octanol–water partition coefficient (Wildman–Crippen LogP) is 5.09. The van der Waals surface area contributed by atoms with Crippen LogP contribution in [0.4, 0.5) is 5.69 Å². The fourth-order valence-electron chi connectivity index (χ4n) is 4.32.